The minimum Gasteiger partial charge on any atom is -0.364 e. The van der Waals surface area contributed by atoms with Crippen LogP contribution in [0.25, 0.3) is 0 Å². The molecule has 0 aromatic heterocycles. The fourth-order valence-corrected chi connectivity index (χ4v) is 1.31. The van der Waals surface area contributed by atoms with Crippen molar-refractivity contribution in [3.63, 3.8) is 0 Å². The number of benzene rings is 1. The molecular formula is C13H16N2. The molecule has 0 spiro atoms. The molecule has 1 aromatic rings. The van der Waals surface area contributed by atoms with Crippen LogP contribution in [0, 0.1) is 11.3 Å². The third kappa shape index (κ3) is 2.60. The number of rotatable bonds is 3. The number of para-hydroxylation sites is 1. The Bertz CT molecular complexity index is 387. The van der Waals surface area contributed by atoms with Crippen molar-refractivity contribution in [2.75, 3.05) is 5.32 Å². The maximum atomic E-state index is 9.19. The van der Waals surface area contributed by atoms with Crippen molar-refractivity contribution in [2.45, 2.75) is 26.3 Å². The van der Waals surface area contributed by atoms with Gasteiger partial charge in [0.25, 0.3) is 0 Å². The van der Waals surface area contributed by atoms with Gasteiger partial charge in [-0.25, -0.2) is 0 Å². The van der Waals surface area contributed by atoms with Crippen molar-refractivity contribution >= 4 is 5.69 Å². The van der Waals surface area contributed by atoms with Crippen molar-refractivity contribution in [2.24, 2.45) is 0 Å². The van der Waals surface area contributed by atoms with Crippen molar-refractivity contribution in [1.29, 1.82) is 5.26 Å². The van der Waals surface area contributed by atoms with Gasteiger partial charge >= 0.3 is 0 Å². The van der Waals surface area contributed by atoms with E-state index < -0.39 is 5.54 Å². The molecule has 0 aliphatic carbocycles. The molecule has 0 saturated heterocycles. The predicted molar refractivity (Wildman–Crippen MR) is 63.5 cm³/mol. The van der Waals surface area contributed by atoms with E-state index in [-0.39, 0.29) is 0 Å². The van der Waals surface area contributed by atoms with Gasteiger partial charge in [0.1, 0.15) is 5.54 Å². The molecule has 1 N–H and O–H groups in total. The van der Waals surface area contributed by atoms with Gasteiger partial charge in [0.05, 0.1) is 6.07 Å². The first-order chi connectivity index (χ1) is 7.12. The van der Waals surface area contributed by atoms with Crippen LogP contribution in [-0.2, 0) is 0 Å². The highest BCUT2D eigenvalue weighted by Gasteiger charge is 2.24. The molecule has 0 aliphatic heterocycles. The molecule has 2 nitrogen and oxygen atoms in total. The monoisotopic (exact) mass is 200 g/mol. The van der Waals surface area contributed by atoms with Crippen molar-refractivity contribution < 1.29 is 0 Å². The van der Waals surface area contributed by atoms with E-state index in [0.29, 0.717) is 0 Å². The SMILES string of the molecule is C/C=C(\C)C(C)(C#N)Nc1ccccc1. The Morgan fingerprint density at radius 2 is 2.00 bits per heavy atom. The van der Waals surface area contributed by atoms with Gasteiger partial charge in [0.15, 0.2) is 0 Å². The quantitative estimate of drug-likeness (QED) is 0.759. The second-order valence-electron chi connectivity index (χ2n) is 3.70. The fraction of sp³-hybridized carbons (Fsp3) is 0.308. The van der Waals surface area contributed by atoms with Crippen molar-refractivity contribution in [3.8, 4) is 6.07 Å². The third-order valence-electron chi connectivity index (χ3n) is 2.61. The second kappa shape index (κ2) is 4.65. The van der Waals surface area contributed by atoms with Crippen LogP contribution in [0.15, 0.2) is 42.0 Å². The van der Waals surface area contributed by atoms with E-state index in [4.69, 9.17) is 0 Å². The Hall–Kier alpha value is -1.75. The summed E-state index contributed by atoms with van der Waals surface area (Å²) in [4.78, 5) is 0. The van der Waals surface area contributed by atoms with E-state index in [1.54, 1.807) is 0 Å². The minimum atomic E-state index is -0.629. The summed E-state index contributed by atoms with van der Waals surface area (Å²) in [6, 6.07) is 12.1. The summed E-state index contributed by atoms with van der Waals surface area (Å²) in [7, 11) is 0. The normalized spacial score (nSPS) is 15.2. The predicted octanol–water partition coefficient (Wildman–Crippen LogP) is 3.35. The van der Waals surface area contributed by atoms with Crippen molar-refractivity contribution in [1.82, 2.24) is 0 Å². The fourth-order valence-electron chi connectivity index (χ4n) is 1.31. The first-order valence-corrected chi connectivity index (χ1v) is 5.00. The number of hydrogen-bond donors (Lipinski definition) is 1. The largest absolute Gasteiger partial charge is 0.364 e. The molecule has 1 aromatic carbocycles. The number of nitriles is 1. The summed E-state index contributed by atoms with van der Waals surface area (Å²) in [6.45, 7) is 5.78. The van der Waals surface area contributed by atoms with E-state index in [1.807, 2.05) is 57.2 Å². The lowest BCUT2D eigenvalue weighted by Gasteiger charge is -2.25. The Labute approximate surface area is 91.2 Å². The van der Waals surface area contributed by atoms with Gasteiger partial charge in [-0.05, 0) is 38.5 Å². The number of nitrogens with zero attached hydrogens (tertiary/aromatic N) is 1. The van der Waals surface area contributed by atoms with E-state index in [9.17, 15) is 5.26 Å². The van der Waals surface area contributed by atoms with E-state index in [1.165, 1.54) is 0 Å². The second-order valence-corrected chi connectivity index (χ2v) is 3.70. The zero-order valence-electron chi connectivity index (χ0n) is 9.41. The lowest BCUT2D eigenvalue weighted by atomic mass is 9.94. The van der Waals surface area contributed by atoms with Crippen molar-refractivity contribution in [3.05, 3.63) is 42.0 Å². The summed E-state index contributed by atoms with van der Waals surface area (Å²) in [5, 5.41) is 12.4. The van der Waals surface area contributed by atoms with Crippen LogP contribution in [0.3, 0.4) is 0 Å². The smallest absolute Gasteiger partial charge is 0.143 e. The molecule has 0 amide bonds. The van der Waals surface area contributed by atoms with Crippen LogP contribution in [0.2, 0.25) is 0 Å². The molecule has 78 valence electrons. The van der Waals surface area contributed by atoms with Gasteiger partial charge in [-0.1, -0.05) is 24.3 Å². The first kappa shape index (κ1) is 11.3. The van der Waals surface area contributed by atoms with Gasteiger partial charge in [-0.15, -0.1) is 0 Å². The molecule has 1 atom stereocenters. The molecule has 0 radical (unpaired) electrons. The maximum Gasteiger partial charge on any atom is 0.143 e. The molecule has 0 fully saturated rings. The van der Waals surface area contributed by atoms with Crippen LogP contribution in [0.1, 0.15) is 20.8 Å². The zero-order chi connectivity index (χ0) is 11.3. The molecule has 1 rings (SSSR count). The highest BCUT2D eigenvalue weighted by atomic mass is 15.0. The summed E-state index contributed by atoms with van der Waals surface area (Å²) >= 11 is 0. The third-order valence-corrected chi connectivity index (χ3v) is 2.61. The van der Waals surface area contributed by atoms with E-state index in [0.717, 1.165) is 11.3 Å². The average Bonchev–Trinajstić information content (AvgIpc) is 2.29. The van der Waals surface area contributed by atoms with Crippen LogP contribution in [0.5, 0.6) is 0 Å². The van der Waals surface area contributed by atoms with E-state index >= 15 is 0 Å². The summed E-state index contributed by atoms with van der Waals surface area (Å²) in [5.74, 6) is 0. The Balaban J connectivity index is 2.93. The minimum absolute atomic E-state index is 0.629. The summed E-state index contributed by atoms with van der Waals surface area (Å²) in [5.41, 5.74) is 1.35. The standard InChI is InChI=1S/C13H16N2/c1-4-11(2)13(3,10-14)15-12-8-6-5-7-9-12/h4-9,15H,1-3H3/b11-4+. The summed E-state index contributed by atoms with van der Waals surface area (Å²) < 4.78 is 0. The number of hydrogen-bond acceptors (Lipinski definition) is 2. The highest BCUT2D eigenvalue weighted by molar-refractivity contribution is 5.51. The van der Waals surface area contributed by atoms with Gasteiger partial charge in [-0.3, -0.25) is 0 Å². The van der Waals surface area contributed by atoms with Crippen LogP contribution in [-0.4, -0.2) is 5.54 Å². The Morgan fingerprint density at radius 3 is 2.47 bits per heavy atom. The molecule has 0 bridgehead atoms. The Kier molecular flexibility index (Phi) is 3.51. The molecule has 0 heterocycles. The lowest BCUT2D eigenvalue weighted by molar-refractivity contribution is 0.757. The first-order valence-electron chi connectivity index (χ1n) is 5.00. The lowest BCUT2D eigenvalue weighted by Crippen LogP contribution is -2.34. The zero-order valence-corrected chi connectivity index (χ0v) is 9.41. The van der Waals surface area contributed by atoms with E-state index in [2.05, 4.69) is 11.4 Å². The van der Waals surface area contributed by atoms with Gasteiger partial charge < -0.3 is 5.32 Å². The topological polar surface area (TPSA) is 35.8 Å². The average molecular weight is 200 g/mol. The molecule has 0 aliphatic rings. The van der Waals surface area contributed by atoms with Crippen LogP contribution < -0.4 is 5.32 Å². The molecule has 0 saturated carbocycles. The molecular weight excluding hydrogens is 184 g/mol. The number of anilines is 1. The number of allylic oxidation sites excluding steroid dienone is 1. The van der Waals surface area contributed by atoms with Gasteiger partial charge in [-0.2, -0.15) is 5.26 Å². The van der Waals surface area contributed by atoms with Gasteiger partial charge in [0, 0.05) is 5.69 Å². The van der Waals surface area contributed by atoms with Crippen LogP contribution >= 0.6 is 0 Å². The Morgan fingerprint density at radius 1 is 1.40 bits per heavy atom. The molecule has 2 heteroatoms. The number of nitrogens with one attached hydrogen (secondary N) is 1. The maximum absolute atomic E-state index is 9.19. The van der Waals surface area contributed by atoms with Gasteiger partial charge in [0.2, 0.25) is 0 Å². The molecule has 15 heavy (non-hydrogen) atoms. The summed E-state index contributed by atoms with van der Waals surface area (Å²) in [6.07, 6.45) is 1.96. The highest BCUT2D eigenvalue weighted by Crippen LogP contribution is 2.21. The molecule has 1 unspecified atom stereocenters. The van der Waals surface area contributed by atoms with Crippen LogP contribution in [0.4, 0.5) is 5.69 Å².